The number of nitrogens with two attached hydrogens (primary N) is 2. The summed E-state index contributed by atoms with van der Waals surface area (Å²) < 4.78 is 90.5. The van der Waals surface area contributed by atoms with Gasteiger partial charge in [0.1, 0.15) is 42.5 Å². The number of para-hydroxylation sites is 2. The number of carboxylic acid groups (broad SMARTS) is 1. The van der Waals surface area contributed by atoms with Crippen molar-refractivity contribution < 1.29 is 96.9 Å². The van der Waals surface area contributed by atoms with Crippen LogP contribution in [-0.2, 0) is 62.0 Å². The number of carbonyl (C=O) groups excluding carboxylic acids is 3. The Labute approximate surface area is 607 Å². The summed E-state index contributed by atoms with van der Waals surface area (Å²) in [6.45, 7) is 16.1. The van der Waals surface area contributed by atoms with E-state index in [2.05, 4.69) is 94.2 Å². The molecule has 1 unspecified atom stereocenters. The molecule has 6 aromatic rings. The Morgan fingerprint density at radius 3 is 1.91 bits per heavy atom. The number of carbonyl (C=O) groups is 4. The lowest BCUT2D eigenvalue weighted by molar-refractivity contribution is -0.192. The molecule has 1 aromatic heterocycles. The van der Waals surface area contributed by atoms with Crippen LogP contribution in [-0.4, -0.2) is 164 Å². The Morgan fingerprint density at radius 2 is 1.30 bits per heavy atom. The van der Waals surface area contributed by atoms with Gasteiger partial charge in [-0.25, -0.2) is 19.2 Å². The maximum Gasteiger partial charge on any atom is 0.490 e. The number of halogens is 4. The fourth-order valence-corrected chi connectivity index (χ4v) is 12.6. The number of piperazine rings is 1. The zero-order valence-corrected chi connectivity index (χ0v) is 60.3. The van der Waals surface area contributed by atoms with Crippen LogP contribution >= 0.6 is 7.60 Å². The lowest BCUT2D eigenvalue weighted by atomic mass is 9.90. The molecule has 3 amide bonds. The number of alkyl carbamates (subject to hydrolysis) is 1. The van der Waals surface area contributed by atoms with Gasteiger partial charge in [0.25, 0.3) is 5.91 Å². The van der Waals surface area contributed by atoms with Crippen molar-refractivity contribution >= 4 is 59.8 Å². The van der Waals surface area contributed by atoms with E-state index in [0.29, 0.717) is 68.3 Å². The molecule has 1 atom stereocenters. The highest BCUT2D eigenvalue weighted by molar-refractivity contribution is 7.54. The Kier molecular flexibility index (Phi) is 32.7. The summed E-state index contributed by atoms with van der Waals surface area (Å²) in [6, 6.07) is 44.0. The van der Waals surface area contributed by atoms with Crippen molar-refractivity contribution in [2.24, 2.45) is 16.5 Å². The molecule has 3 heterocycles. The topological polar surface area (TPSA) is 312 Å². The van der Waals surface area contributed by atoms with Crippen molar-refractivity contribution in [2.45, 2.75) is 97.8 Å². The normalized spacial score (nSPS) is 12.5. The van der Waals surface area contributed by atoms with Gasteiger partial charge in [-0.2, -0.15) is 13.2 Å². The Morgan fingerprint density at radius 1 is 0.712 bits per heavy atom. The SMILES string of the molecule is CCN(CC)c1ccc2c(-c3ccccc3C(=O)N3CCN(C(=O)CCCCCCCn4cc(COCCOCCOCCOC(=O)NC(Cc5ccc(N=C(N)N)cc5)P(=O)(OOc5ccccc5)OOc5ccccc5)nn4)CC3)c3ccc(=[N+](CC)CC)cc-3oc2c1.O=C(O)C(F)(F)F.[Cl-]. The highest BCUT2D eigenvalue weighted by Gasteiger charge is 2.43. The molecular formula is C73H90ClF3N11O15P. The molecule has 1 saturated heterocycles. The van der Waals surface area contributed by atoms with Crippen LogP contribution < -0.4 is 53.8 Å². The minimum atomic E-state index is -5.08. The summed E-state index contributed by atoms with van der Waals surface area (Å²) in [4.78, 5) is 71.1. The molecule has 0 bridgehead atoms. The lowest BCUT2D eigenvalue weighted by Gasteiger charge is -2.35. The number of rotatable bonds is 37. The number of hydrogen-bond donors (Lipinski definition) is 4. The number of nitrogens with zero attached hydrogens (tertiary/aromatic N) is 8. The average Bonchev–Trinajstić information content (AvgIpc) is 0.788. The number of fused-ring (bicyclic) bond motifs is 2. The highest BCUT2D eigenvalue weighted by atomic mass is 35.5. The van der Waals surface area contributed by atoms with Crippen molar-refractivity contribution in [1.29, 1.82) is 0 Å². The number of benzene rings is 6. The van der Waals surface area contributed by atoms with E-state index in [0.717, 1.165) is 109 Å². The predicted molar refractivity (Wildman–Crippen MR) is 381 cm³/mol. The maximum absolute atomic E-state index is 14.6. The van der Waals surface area contributed by atoms with Gasteiger partial charge in [0.15, 0.2) is 17.5 Å². The van der Waals surface area contributed by atoms with Gasteiger partial charge in [-0.3, -0.25) is 18.8 Å². The number of ether oxygens (including phenoxy) is 4. The standard InChI is InChI=1S/C71H88N11O13P.C2HF3O2.ClH/c1-5-78(6-2)56-33-35-62-64(49-56)91-65-50-57(79(7-3)8-4)34-36-63(65)68(62)60-26-19-20-27-61(60)69(84)81-40-38-80(39-41-81)67(83)28-18-10-9-11-21-37-82-51-55(76-77-82)52-89-45-44-87-42-43-88-46-47-90-71(85)75-66(48-53-29-31-54(32-30-53)74-70(72)73)96(86,94-92-58-22-14-12-15-23-58)95-93-59-24-16-13-17-25-59;3-2(4,5)1(6)7;/h12-17,19-20,22-27,29-36,49-51,66H,5-11,18,21,28,37-48,52H2,1-4H3,(H4-,72,73,74,75,85);(H,6,7);1H. The molecule has 26 nitrogen and oxygen atoms in total. The lowest BCUT2D eigenvalue weighted by Crippen LogP contribution is -3.00. The largest absolute Gasteiger partial charge is 1.00 e. The number of amides is 3. The summed E-state index contributed by atoms with van der Waals surface area (Å²) in [6.07, 6.45) is 0.948. The quantitative estimate of drug-likeness (QED) is 0.00415. The van der Waals surface area contributed by atoms with E-state index >= 15 is 0 Å². The number of anilines is 1. The molecule has 6 N–H and O–H groups in total. The predicted octanol–water partition coefficient (Wildman–Crippen LogP) is 8.38. The second kappa shape index (κ2) is 41.6. The monoisotopic (exact) mass is 1480 g/mol. The van der Waals surface area contributed by atoms with Gasteiger partial charge in [-0.05, 0) is 112 Å². The summed E-state index contributed by atoms with van der Waals surface area (Å²) in [5.41, 5.74) is 18.1. The number of aryl methyl sites for hydroxylation is 1. The van der Waals surface area contributed by atoms with E-state index in [1.165, 1.54) is 0 Å². The van der Waals surface area contributed by atoms with Gasteiger partial charge in [0.05, 0.1) is 57.6 Å². The Bertz CT molecular complexity index is 4070. The van der Waals surface area contributed by atoms with E-state index in [-0.39, 0.29) is 81.1 Å². The summed E-state index contributed by atoms with van der Waals surface area (Å²) >= 11 is 0. The first kappa shape index (κ1) is 81.7. The third kappa shape index (κ3) is 24.8. The number of aliphatic carboxylic acids is 1. The number of aromatic nitrogens is 3. The molecule has 31 heteroatoms. The van der Waals surface area contributed by atoms with Crippen molar-refractivity contribution in [3.63, 3.8) is 0 Å². The third-order valence-electron chi connectivity index (χ3n) is 16.6. The summed E-state index contributed by atoms with van der Waals surface area (Å²) in [5.74, 6) is -2.97. The van der Waals surface area contributed by atoms with Crippen LogP contribution in [0, 0.1) is 0 Å². The van der Waals surface area contributed by atoms with Crippen LogP contribution in [0.2, 0.25) is 0 Å². The molecule has 2 aliphatic heterocycles. The highest BCUT2D eigenvalue weighted by Crippen LogP contribution is 2.54. The van der Waals surface area contributed by atoms with Crippen LogP contribution in [0.3, 0.4) is 0 Å². The first-order chi connectivity index (χ1) is 49.8. The van der Waals surface area contributed by atoms with Crippen molar-refractivity contribution in [1.82, 2.24) is 34.7 Å². The maximum atomic E-state index is 14.6. The van der Waals surface area contributed by atoms with Crippen LogP contribution in [0.1, 0.15) is 87.8 Å². The van der Waals surface area contributed by atoms with Gasteiger partial charge in [0.2, 0.25) is 11.3 Å². The third-order valence-corrected chi connectivity index (χ3v) is 18.2. The first-order valence-electron chi connectivity index (χ1n) is 34.3. The van der Waals surface area contributed by atoms with Gasteiger partial charge >= 0.3 is 25.8 Å². The van der Waals surface area contributed by atoms with Gasteiger partial charge in [-0.15, -0.1) is 5.10 Å². The van der Waals surface area contributed by atoms with Crippen molar-refractivity contribution in [3.8, 4) is 33.9 Å². The van der Waals surface area contributed by atoms with Crippen LogP contribution in [0.15, 0.2) is 161 Å². The smallest absolute Gasteiger partial charge is 0.490 e. The molecule has 0 saturated carbocycles. The molecule has 5 aromatic carbocycles. The molecular weight excluding hydrogens is 1390 g/mol. The number of alkyl halides is 3. The van der Waals surface area contributed by atoms with Crippen LogP contribution in [0.4, 0.5) is 29.3 Å². The number of guanidine groups is 1. The zero-order chi connectivity index (χ0) is 73.6. The van der Waals surface area contributed by atoms with E-state index in [1.807, 2.05) is 44.9 Å². The van der Waals surface area contributed by atoms with Crippen LogP contribution in [0.5, 0.6) is 11.5 Å². The summed E-state index contributed by atoms with van der Waals surface area (Å²) in [7, 11) is -4.54. The molecule has 9 rings (SSSR count). The van der Waals surface area contributed by atoms with E-state index in [4.69, 9.17) is 63.9 Å². The molecule has 1 fully saturated rings. The number of nitrogens with one attached hydrogen (secondary N) is 1. The Hall–Kier alpha value is -9.61. The van der Waals surface area contributed by atoms with Crippen molar-refractivity contribution in [3.05, 3.63) is 174 Å². The average molecular weight is 1490 g/mol. The van der Waals surface area contributed by atoms with E-state index in [9.17, 15) is 32.1 Å². The fraction of sp³-hybridized carbons (Fsp3) is 0.397. The van der Waals surface area contributed by atoms with Gasteiger partial charge < -0.3 is 82.1 Å². The number of hydrogen-bond acceptors (Lipinski definition) is 18. The van der Waals surface area contributed by atoms with Crippen molar-refractivity contribution in [2.75, 3.05) is 96.9 Å². The molecule has 1 aliphatic carbocycles. The minimum absolute atomic E-state index is 0. The van der Waals surface area contributed by atoms with Gasteiger partial charge in [0, 0.05) is 98.6 Å². The molecule has 3 aliphatic rings. The molecule has 0 spiro atoms. The first-order valence-corrected chi connectivity index (χ1v) is 35.9. The Balaban J connectivity index is 0.00000180. The second-order valence-electron chi connectivity index (χ2n) is 23.7. The number of unbranched alkanes of at least 4 members (excludes halogenated alkanes) is 4. The van der Waals surface area contributed by atoms with E-state index < -0.39 is 31.6 Å². The van der Waals surface area contributed by atoms with Gasteiger partial charge in [-0.1, -0.05) is 101 Å². The van der Waals surface area contributed by atoms with Crippen LogP contribution in [0.25, 0.3) is 33.4 Å². The number of carboxylic acids is 1. The molecule has 560 valence electrons. The minimum Gasteiger partial charge on any atom is -1.00 e. The molecule has 104 heavy (non-hydrogen) atoms. The molecule has 0 radical (unpaired) electrons. The number of aliphatic imine (C=N–C) groups is 1. The zero-order valence-electron chi connectivity index (χ0n) is 58.6. The fourth-order valence-electron chi connectivity index (χ4n) is 11.3. The van der Waals surface area contributed by atoms with E-state index in [1.54, 1.807) is 84.9 Å². The summed E-state index contributed by atoms with van der Waals surface area (Å²) in [5, 5.41) is 20.3. The second-order valence-corrected chi connectivity index (χ2v) is 25.7.